The summed E-state index contributed by atoms with van der Waals surface area (Å²) in [5, 5.41) is 4.75. The second-order valence-corrected chi connectivity index (χ2v) is 7.92. The predicted molar refractivity (Wildman–Crippen MR) is 85.2 cm³/mol. The fourth-order valence-corrected chi connectivity index (χ4v) is 3.82. The van der Waals surface area contributed by atoms with Crippen molar-refractivity contribution in [1.82, 2.24) is 10.3 Å². The lowest BCUT2D eigenvalue weighted by molar-refractivity contribution is 0.0149. The van der Waals surface area contributed by atoms with Crippen LogP contribution in [0.2, 0.25) is 0 Å². The van der Waals surface area contributed by atoms with Crippen LogP contribution < -0.4 is 5.32 Å². The van der Waals surface area contributed by atoms with E-state index in [1.54, 1.807) is 7.11 Å². The number of methoxy groups -OCH3 is 1. The molecule has 2 rings (SSSR count). The lowest BCUT2D eigenvalue weighted by atomic mass is 9.89. The molecule has 0 amide bonds. The van der Waals surface area contributed by atoms with Gasteiger partial charge < -0.3 is 10.1 Å². The van der Waals surface area contributed by atoms with Crippen LogP contribution in [-0.2, 0) is 17.7 Å². The molecular weight excluding hydrogens is 268 g/mol. The van der Waals surface area contributed by atoms with Gasteiger partial charge in [-0.3, -0.25) is 0 Å². The predicted octanol–water partition coefficient (Wildman–Crippen LogP) is 4.08. The standard InChI is InChI=1S/C16H28N2OS/c1-6-7-12-13(10-17-11-8-9-11)20-15(18-12)14(19-5)16(2,3)4/h11,14,17H,6-10H2,1-5H3. The first-order valence-electron chi connectivity index (χ1n) is 7.70. The Balaban J connectivity index is 2.17. The molecule has 1 aliphatic carbocycles. The van der Waals surface area contributed by atoms with Crippen LogP contribution >= 0.6 is 11.3 Å². The number of hydrogen-bond donors (Lipinski definition) is 1. The topological polar surface area (TPSA) is 34.1 Å². The number of thiazole rings is 1. The molecule has 3 nitrogen and oxygen atoms in total. The summed E-state index contributed by atoms with van der Waals surface area (Å²) < 4.78 is 5.71. The van der Waals surface area contributed by atoms with Crippen molar-refractivity contribution in [2.45, 2.75) is 72.1 Å². The minimum Gasteiger partial charge on any atom is -0.374 e. The maximum Gasteiger partial charge on any atom is 0.123 e. The van der Waals surface area contributed by atoms with Crippen molar-refractivity contribution in [3.05, 3.63) is 15.6 Å². The van der Waals surface area contributed by atoms with E-state index in [0.29, 0.717) is 0 Å². The van der Waals surface area contributed by atoms with Crippen LogP contribution in [0, 0.1) is 5.41 Å². The third kappa shape index (κ3) is 4.03. The zero-order chi connectivity index (χ0) is 14.8. The van der Waals surface area contributed by atoms with Gasteiger partial charge in [0.15, 0.2) is 0 Å². The Morgan fingerprint density at radius 2 is 2.10 bits per heavy atom. The van der Waals surface area contributed by atoms with Crippen LogP contribution in [0.1, 0.15) is 68.6 Å². The molecular formula is C16H28N2OS. The SMILES string of the molecule is CCCc1nc(C(OC)C(C)(C)C)sc1CNC1CC1. The van der Waals surface area contributed by atoms with Gasteiger partial charge in [-0.2, -0.15) is 0 Å². The molecule has 1 fully saturated rings. The highest BCUT2D eigenvalue weighted by Crippen LogP contribution is 2.38. The number of aryl methyl sites for hydroxylation is 1. The van der Waals surface area contributed by atoms with Gasteiger partial charge in [-0.25, -0.2) is 4.98 Å². The number of ether oxygens (including phenoxy) is 1. The maximum absolute atomic E-state index is 5.71. The summed E-state index contributed by atoms with van der Waals surface area (Å²) in [6.07, 6.45) is 4.96. The Labute approximate surface area is 127 Å². The summed E-state index contributed by atoms with van der Waals surface area (Å²) in [5.41, 5.74) is 1.35. The van der Waals surface area contributed by atoms with Gasteiger partial charge in [0.1, 0.15) is 11.1 Å². The molecule has 0 spiro atoms. The summed E-state index contributed by atoms with van der Waals surface area (Å²) in [7, 11) is 1.79. The first-order valence-corrected chi connectivity index (χ1v) is 8.52. The molecule has 0 radical (unpaired) electrons. The summed E-state index contributed by atoms with van der Waals surface area (Å²) in [5.74, 6) is 0. The number of aromatic nitrogens is 1. The summed E-state index contributed by atoms with van der Waals surface area (Å²) in [4.78, 5) is 6.29. The molecule has 1 aliphatic rings. The summed E-state index contributed by atoms with van der Waals surface area (Å²) >= 11 is 1.83. The Hall–Kier alpha value is -0.450. The smallest absolute Gasteiger partial charge is 0.123 e. The van der Waals surface area contributed by atoms with Crippen LogP contribution in [0.15, 0.2) is 0 Å². The number of nitrogens with one attached hydrogen (secondary N) is 1. The molecule has 0 aliphatic heterocycles. The first kappa shape index (κ1) is 15.9. The van der Waals surface area contributed by atoms with E-state index < -0.39 is 0 Å². The molecule has 1 saturated carbocycles. The van der Waals surface area contributed by atoms with Gasteiger partial charge >= 0.3 is 0 Å². The Morgan fingerprint density at radius 3 is 2.60 bits per heavy atom. The molecule has 1 aromatic heterocycles. The Morgan fingerprint density at radius 1 is 1.40 bits per heavy atom. The highest BCUT2D eigenvalue weighted by Gasteiger charge is 2.30. The molecule has 20 heavy (non-hydrogen) atoms. The minimum atomic E-state index is 0.0806. The second-order valence-electron chi connectivity index (χ2n) is 6.81. The second kappa shape index (κ2) is 6.54. The van der Waals surface area contributed by atoms with Gasteiger partial charge in [-0.1, -0.05) is 34.1 Å². The first-order chi connectivity index (χ1) is 9.45. The molecule has 114 valence electrons. The van der Waals surface area contributed by atoms with Crippen molar-refractivity contribution >= 4 is 11.3 Å². The van der Waals surface area contributed by atoms with Crippen molar-refractivity contribution in [1.29, 1.82) is 0 Å². The summed E-state index contributed by atoms with van der Waals surface area (Å²) in [6.45, 7) is 9.82. The fourth-order valence-electron chi connectivity index (χ4n) is 2.43. The zero-order valence-corrected chi connectivity index (χ0v) is 14.3. The lowest BCUT2D eigenvalue weighted by Crippen LogP contribution is -2.20. The largest absolute Gasteiger partial charge is 0.374 e. The van der Waals surface area contributed by atoms with E-state index in [9.17, 15) is 0 Å². The van der Waals surface area contributed by atoms with Gasteiger partial charge in [0.25, 0.3) is 0 Å². The van der Waals surface area contributed by atoms with E-state index in [1.165, 1.54) is 23.4 Å². The zero-order valence-electron chi connectivity index (χ0n) is 13.5. The number of nitrogens with zero attached hydrogens (tertiary/aromatic N) is 1. The van der Waals surface area contributed by atoms with Gasteiger partial charge in [0.2, 0.25) is 0 Å². The van der Waals surface area contributed by atoms with E-state index in [0.717, 1.165) is 30.4 Å². The van der Waals surface area contributed by atoms with Crippen molar-refractivity contribution in [2.24, 2.45) is 5.41 Å². The molecule has 0 aromatic carbocycles. The average Bonchev–Trinajstić information content (AvgIpc) is 3.10. The molecule has 4 heteroatoms. The molecule has 0 saturated heterocycles. The van der Waals surface area contributed by atoms with Crippen molar-refractivity contribution in [3.8, 4) is 0 Å². The van der Waals surface area contributed by atoms with Crippen LogP contribution in [0.5, 0.6) is 0 Å². The molecule has 0 bridgehead atoms. The lowest BCUT2D eigenvalue weighted by Gasteiger charge is -2.27. The van der Waals surface area contributed by atoms with Crippen molar-refractivity contribution < 1.29 is 4.74 Å². The third-order valence-electron chi connectivity index (χ3n) is 3.66. The van der Waals surface area contributed by atoms with Crippen LogP contribution in [-0.4, -0.2) is 18.1 Å². The number of hydrogen-bond acceptors (Lipinski definition) is 4. The average molecular weight is 296 g/mol. The van der Waals surface area contributed by atoms with Crippen LogP contribution in [0.3, 0.4) is 0 Å². The minimum absolute atomic E-state index is 0.0806. The third-order valence-corrected chi connectivity index (χ3v) is 4.80. The van der Waals surface area contributed by atoms with Gasteiger partial charge in [0.05, 0.1) is 5.69 Å². The molecule has 1 N–H and O–H groups in total. The highest BCUT2D eigenvalue weighted by atomic mass is 32.1. The van der Waals surface area contributed by atoms with E-state index in [2.05, 4.69) is 33.0 Å². The number of rotatable bonds is 7. The van der Waals surface area contributed by atoms with E-state index in [1.807, 2.05) is 11.3 Å². The highest BCUT2D eigenvalue weighted by molar-refractivity contribution is 7.11. The molecule has 1 unspecified atom stereocenters. The van der Waals surface area contributed by atoms with Gasteiger partial charge in [-0.05, 0) is 24.7 Å². The molecule has 1 heterocycles. The molecule has 1 aromatic rings. The van der Waals surface area contributed by atoms with Crippen LogP contribution in [0.4, 0.5) is 0 Å². The van der Waals surface area contributed by atoms with Crippen molar-refractivity contribution in [2.75, 3.05) is 7.11 Å². The van der Waals surface area contributed by atoms with Gasteiger partial charge in [-0.15, -0.1) is 11.3 Å². The maximum atomic E-state index is 5.71. The normalized spacial score (nSPS) is 17.4. The Kier molecular flexibility index (Phi) is 5.21. The quantitative estimate of drug-likeness (QED) is 0.823. The van der Waals surface area contributed by atoms with E-state index in [-0.39, 0.29) is 11.5 Å². The monoisotopic (exact) mass is 296 g/mol. The van der Waals surface area contributed by atoms with E-state index in [4.69, 9.17) is 9.72 Å². The Bertz CT molecular complexity index is 432. The molecule has 1 atom stereocenters. The van der Waals surface area contributed by atoms with Crippen LogP contribution in [0.25, 0.3) is 0 Å². The van der Waals surface area contributed by atoms with Crippen molar-refractivity contribution in [3.63, 3.8) is 0 Å². The van der Waals surface area contributed by atoms with E-state index >= 15 is 0 Å². The van der Waals surface area contributed by atoms with Gasteiger partial charge in [0, 0.05) is 24.6 Å². The fraction of sp³-hybridized carbons (Fsp3) is 0.812. The summed E-state index contributed by atoms with van der Waals surface area (Å²) in [6, 6.07) is 0.746.